The Labute approximate surface area is 113 Å². The third kappa shape index (κ3) is 2.39. The highest BCUT2D eigenvalue weighted by atomic mass is 16.5. The van der Waals surface area contributed by atoms with Crippen molar-refractivity contribution in [3.8, 4) is 0 Å². The lowest BCUT2D eigenvalue weighted by Gasteiger charge is -2.30. The average molecular weight is 266 g/mol. The summed E-state index contributed by atoms with van der Waals surface area (Å²) in [6, 6.07) is 0. The molecule has 5 nitrogen and oxygen atoms in total. The predicted molar refractivity (Wildman–Crippen MR) is 70.8 cm³/mol. The summed E-state index contributed by atoms with van der Waals surface area (Å²) in [5.74, 6) is 0.535. The van der Waals surface area contributed by atoms with Gasteiger partial charge in [-0.2, -0.15) is 0 Å². The van der Waals surface area contributed by atoms with Gasteiger partial charge in [0.25, 0.3) is 5.91 Å². The number of rotatable bonds is 3. The largest absolute Gasteiger partial charge is 0.388 e. The molecule has 1 aliphatic rings. The topological polar surface area (TPSA) is 66.6 Å². The molecule has 0 bridgehead atoms. The Morgan fingerprint density at radius 3 is 2.68 bits per heavy atom. The predicted octanol–water partition coefficient (Wildman–Crippen LogP) is 1.86. The van der Waals surface area contributed by atoms with Crippen molar-refractivity contribution < 1.29 is 14.4 Å². The fraction of sp³-hybridized carbons (Fsp3) is 0.714. The number of likely N-dealkylation sites (tertiary alicyclic amines) is 1. The van der Waals surface area contributed by atoms with Crippen LogP contribution < -0.4 is 0 Å². The molecule has 1 N–H and O–H groups in total. The molecular formula is C14H22N2O3. The summed E-state index contributed by atoms with van der Waals surface area (Å²) >= 11 is 0. The summed E-state index contributed by atoms with van der Waals surface area (Å²) in [5.41, 5.74) is -0.662. The number of hydrogen-bond donors (Lipinski definition) is 1. The number of hydrogen-bond acceptors (Lipinski definition) is 4. The Balaban J connectivity index is 2.20. The van der Waals surface area contributed by atoms with Crippen LogP contribution >= 0.6 is 0 Å². The monoisotopic (exact) mass is 266 g/mol. The van der Waals surface area contributed by atoms with Crippen molar-refractivity contribution in [2.24, 2.45) is 5.41 Å². The zero-order chi connectivity index (χ0) is 14.3. The molecule has 1 aromatic heterocycles. The molecule has 1 aromatic rings. The molecule has 1 saturated heterocycles. The van der Waals surface area contributed by atoms with Crippen molar-refractivity contribution in [2.75, 3.05) is 13.1 Å². The van der Waals surface area contributed by atoms with E-state index in [1.165, 1.54) is 6.20 Å². The molecule has 0 saturated carbocycles. The van der Waals surface area contributed by atoms with Gasteiger partial charge < -0.3 is 14.5 Å². The van der Waals surface area contributed by atoms with E-state index in [0.29, 0.717) is 30.8 Å². The molecule has 5 heteroatoms. The number of carbonyl (C=O) groups is 1. The van der Waals surface area contributed by atoms with Gasteiger partial charge in [-0.1, -0.05) is 25.9 Å². The summed E-state index contributed by atoms with van der Waals surface area (Å²) in [4.78, 5) is 14.2. The third-order valence-electron chi connectivity index (χ3n) is 4.18. The minimum Gasteiger partial charge on any atom is -0.388 e. The van der Waals surface area contributed by atoms with E-state index in [2.05, 4.69) is 5.16 Å². The van der Waals surface area contributed by atoms with Gasteiger partial charge in [0.2, 0.25) is 0 Å². The molecule has 1 atom stereocenters. The van der Waals surface area contributed by atoms with Crippen molar-refractivity contribution in [3.63, 3.8) is 0 Å². The zero-order valence-electron chi connectivity index (χ0n) is 12.1. The first-order chi connectivity index (χ1) is 8.78. The van der Waals surface area contributed by atoms with E-state index in [9.17, 15) is 9.90 Å². The summed E-state index contributed by atoms with van der Waals surface area (Å²) in [7, 11) is 0. The lowest BCUT2D eigenvalue weighted by molar-refractivity contribution is -0.0108. The van der Waals surface area contributed by atoms with E-state index in [0.717, 1.165) is 6.42 Å². The standard InChI is InChI=1S/C14H22N2O3/c1-5-6-11-10(7-15-19-11)12(17)16-8-13(2,3)14(4,18)9-16/h7,18H,5-6,8-9H2,1-4H3/t14-/m1/s1. The number of amides is 1. The third-order valence-corrected chi connectivity index (χ3v) is 4.18. The van der Waals surface area contributed by atoms with Crippen molar-refractivity contribution >= 4 is 5.91 Å². The maximum absolute atomic E-state index is 12.5. The molecule has 0 aromatic carbocycles. The van der Waals surface area contributed by atoms with E-state index < -0.39 is 5.60 Å². The summed E-state index contributed by atoms with van der Waals surface area (Å²) in [6.07, 6.45) is 3.08. The smallest absolute Gasteiger partial charge is 0.259 e. The summed E-state index contributed by atoms with van der Waals surface area (Å²) in [6.45, 7) is 8.63. The average Bonchev–Trinajstić information content (AvgIpc) is 2.82. The number of aromatic nitrogens is 1. The van der Waals surface area contributed by atoms with Crippen molar-refractivity contribution in [3.05, 3.63) is 17.5 Å². The van der Waals surface area contributed by atoms with Gasteiger partial charge >= 0.3 is 0 Å². The van der Waals surface area contributed by atoms with E-state index >= 15 is 0 Å². The second kappa shape index (κ2) is 4.63. The normalized spacial score (nSPS) is 25.8. The molecule has 0 spiro atoms. The minimum atomic E-state index is -0.870. The molecule has 0 unspecified atom stereocenters. The van der Waals surface area contributed by atoms with E-state index in [1.807, 2.05) is 20.8 Å². The van der Waals surface area contributed by atoms with Crippen LogP contribution in [0.5, 0.6) is 0 Å². The van der Waals surface area contributed by atoms with E-state index in [1.54, 1.807) is 11.8 Å². The zero-order valence-corrected chi connectivity index (χ0v) is 12.1. The van der Waals surface area contributed by atoms with Crippen LogP contribution in [-0.2, 0) is 6.42 Å². The fourth-order valence-corrected chi connectivity index (χ4v) is 2.45. The number of carbonyl (C=O) groups excluding carboxylic acids is 1. The molecule has 2 heterocycles. The van der Waals surface area contributed by atoms with Gasteiger partial charge in [0.1, 0.15) is 11.3 Å². The molecule has 0 aliphatic carbocycles. The van der Waals surface area contributed by atoms with Gasteiger partial charge in [0.05, 0.1) is 18.3 Å². The van der Waals surface area contributed by atoms with Crippen molar-refractivity contribution in [1.29, 1.82) is 0 Å². The number of β-amino-alcohol motifs (C(OH)–C–C–N with tert-alkyl or cyclic N) is 1. The number of aliphatic hydroxyl groups is 1. The second-order valence-electron chi connectivity index (χ2n) is 6.23. The van der Waals surface area contributed by atoms with Gasteiger partial charge in [-0.3, -0.25) is 4.79 Å². The summed E-state index contributed by atoms with van der Waals surface area (Å²) < 4.78 is 5.13. The first kappa shape index (κ1) is 14.1. The van der Waals surface area contributed by atoms with Crippen LogP contribution in [-0.4, -0.2) is 39.8 Å². The van der Waals surface area contributed by atoms with E-state index in [4.69, 9.17) is 4.52 Å². The number of nitrogens with zero attached hydrogens (tertiary/aromatic N) is 2. The van der Waals surface area contributed by atoms with Gasteiger partial charge in [0, 0.05) is 18.4 Å². The Morgan fingerprint density at radius 1 is 1.47 bits per heavy atom. The minimum absolute atomic E-state index is 0.101. The number of aryl methyl sites for hydroxylation is 1. The molecule has 106 valence electrons. The van der Waals surface area contributed by atoms with Crippen molar-refractivity contribution in [1.82, 2.24) is 10.1 Å². The lowest BCUT2D eigenvalue weighted by atomic mass is 9.79. The molecular weight excluding hydrogens is 244 g/mol. The highest BCUT2D eigenvalue weighted by molar-refractivity contribution is 5.95. The van der Waals surface area contributed by atoms with Gasteiger partial charge in [0.15, 0.2) is 0 Å². The Morgan fingerprint density at radius 2 is 2.16 bits per heavy atom. The molecule has 1 fully saturated rings. The van der Waals surface area contributed by atoms with E-state index in [-0.39, 0.29) is 11.3 Å². The van der Waals surface area contributed by atoms with Gasteiger partial charge in [-0.25, -0.2) is 0 Å². The SMILES string of the molecule is CCCc1oncc1C(=O)N1CC(C)(C)[C@](C)(O)C1. The van der Waals surface area contributed by atoms with Gasteiger partial charge in [-0.05, 0) is 13.3 Å². The van der Waals surface area contributed by atoms with Crippen LogP contribution in [0.2, 0.25) is 0 Å². The first-order valence-corrected chi connectivity index (χ1v) is 6.74. The second-order valence-corrected chi connectivity index (χ2v) is 6.23. The molecule has 0 radical (unpaired) electrons. The fourth-order valence-electron chi connectivity index (χ4n) is 2.45. The quantitative estimate of drug-likeness (QED) is 0.906. The molecule has 1 amide bonds. The Kier molecular flexibility index (Phi) is 3.43. The Hall–Kier alpha value is -1.36. The van der Waals surface area contributed by atoms with Crippen LogP contribution in [0.25, 0.3) is 0 Å². The van der Waals surface area contributed by atoms with Crippen molar-refractivity contribution in [2.45, 2.75) is 46.1 Å². The lowest BCUT2D eigenvalue weighted by Crippen LogP contribution is -2.40. The van der Waals surface area contributed by atoms with Crippen LogP contribution in [0, 0.1) is 5.41 Å². The highest BCUT2D eigenvalue weighted by Gasteiger charge is 2.49. The maximum atomic E-state index is 12.5. The van der Waals surface area contributed by atoms with Crippen LogP contribution in [0.4, 0.5) is 0 Å². The Bertz CT molecular complexity index is 461. The summed E-state index contributed by atoms with van der Waals surface area (Å²) in [5, 5.41) is 14.1. The molecule has 1 aliphatic heterocycles. The maximum Gasteiger partial charge on any atom is 0.259 e. The highest BCUT2D eigenvalue weighted by Crippen LogP contribution is 2.39. The first-order valence-electron chi connectivity index (χ1n) is 6.74. The van der Waals surface area contributed by atoms with Crippen LogP contribution in [0.15, 0.2) is 10.7 Å². The van der Waals surface area contributed by atoms with Crippen LogP contribution in [0.1, 0.15) is 50.2 Å². The molecule has 19 heavy (non-hydrogen) atoms. The molecule has 2 rings (SSSR count). The van der Waals surface area contributed by atoms with Crippen LogP contribution in [0.3, 0.4) is 0 Å². The van der Waals surface area contributed by atoms with Gasteiger partial charge in [-0.15, -0.1) is 0 Å².